The summed E-state index contributed by atoms with van der Waals surface area (Å²) >= 11 is 4.65. The Kier molecular flexibility index (Phi) is 4.25. The van der Waals surface area contributed by atoms with E-state index in [1.807, 2.05) is 43.3 Å². The molecule has 0 saturated carbocycles. The Morgan fingerprint density at radius 3 is 2.38 bits per heavy atom. The molecule has 0 atom stereocenters. The molecule has 5 heteroatoms. The summed E-state index contributed by atoms with van der Waals surface area (Å²) in [6.07, 6.45) is 0.0742. The summed E-state index contributed by atoms with van der Waals surface area (Å²) in [5.41, 5.74) is 7.09. The number of rotatable bonds is 4. The van der Waals surface area contributed by atoms with E-state index >= 15 is 0 Å². The van der Waals surface area contributed by atoms with Crippen LogP contribution in [0, 0.1) is 0 Å². The minimum atomic E-state index is -0.190. The maximum Gasteiger partial charge on any atom is 0.231 e. The number of nitrogens with zero attached hydrogens (tertiary/aromatic N) is 1. The summed E-state index contributed by atoms with van der Waals surface area (Å²) in [6, 6.07) is 7.53. The van der Waals surface area contributed by atoms with Gasteiger partial charge in [-0.2, -0.15) is 0 Å². The van der Waals surface area contributed by atoms with Crippen LogP contribution in [0.5, 0.6) is 0 Å². The van der Waals surface area contributed by atoms with Crippen molar-refractivity contribution in [2.75, 3.05) is 24.3 Å². The van der Waals surface area contributed by atoms with Crippen molar-refractivity contribution in [3.05, 3.63) is 24.3 Å². The van der Waals surface area contributed by atoms with Crippen molar-refractivity contribution >= 4 is 34.5 Å². The first-order valence-electron chi connectivity index (χ1n) is 4.84. The lowest BCUT2D eigenvalue weighted by Gasteiger charge is -2.12. The van der Waals surface area contributed by atoms with Crippen molar-refractivity contribution in [2.45, 2.75) is 6.42 Å². The Balaban J connectivity index is 2.62. The second kappa shape index (κ2) is 5.46. The van der Waals surface area contributed by atoms with E-state index in [1.165, 1.54) is 0 Å². The predicted octanol–water partition coefficient (Wildman–Crippen LogP) is 1.37. The first-order valence-corrected chi connectivity index (χ1v) is 5.25. The standard InChI is InChI=1S/C11H15N3OS/c1-14(2)9-5-3-8(4-6-9)13-11(15)7-10(12)16/h3-6H,7H2,1-2H3,(H2,12,16)(H,13,15). The highest BCUT2D eigenvalue weighted by atomic mass is 32.1. The zero-order chi connectivity index (χ0) is 12.1. The van der Waals surface area contributed by atoms with Crippen molar-refractivity contribution in [3.8, 4) is 0 Å². The third-order valence-corrected chi connectivity index (χ3v) is 2.15. The Hall–Kier alpha value is -1.62. The van der Waals surface area contributed by atoms with E-state index < -0.39 is 0 Å². The molecule has 1 aromatic carbocycles. The molecule has 1 amide bonds. The number of amides is 1. The Bertz CT molecular complexity index is 387. The highest BCUT2D eigenvalue weighted by Gasteiger charge is 2.03. The van der Waals surface area contributed by atoms with Gasteiger partial charge >= 0.3 is 0 Å². The van der Waals surface area contributed by atoms with E-state index in [9.17, 15) is 4.79 Å². The van der Waals surface area contributed by atoms with Crippen LogP contribution in [-0.4, -0.2) is 25.0 Å². The molecular weight excluding hydrogens is 222 g/mol. The van der Waals surface area contributed by atoms with Crippen molar-refractivity contribution in [1.82, 2.24) is 0 Å². The fourth-order valence-electron chi connectivity index (χ4n) is 1.21. The molecule has 0 spiro atoms. The average Bonchev–Trinajstić information content (AvgIpc) is 2.16. The van der Waals surface area contributed by atoms with Gasteiger partial charge in [-0.25, -0.2) is 0 Å². The first kappa shape index (κ1) is 12.4. The lowest BCUT2D eigenvalue weighted by Crippen LogP contribution is -2.20. The number of benzene rings is 1. The number of hydrogen-bond acceptors (Lipinski definition) is 3. The van der Waals surface area contributed by atoms with Crippen molar-refractivity contribution < 1.29 is 4.79 Å². The molecule has 3 N–H and O–H groups in total. The summed E-state index contributed by atoms with van der Waals surface area (Å²) in [5, 5.41) is 2.71. The Morgan fingerprint density at radius 1 is 1.38 bits per heavy atom. The van der Waals surface area contributed by atoms with E-state index in [0.29, 0.717) is 0 Å². The van der Waals surface area contributed by atoms with E-state index in [0.717, 1.165) is 11.4 Å². The highest BCUT2D eigenvalue weighted by Crippen LogP contribution is 2.15. The summed E-state index contributed by atoms with van der Waals surface area (Å²) in [5.74, 6) is -0.190. The van der Waals surface area contributed by atoms with Gasteiger partial charge < -0.3 is 16.0 Å². The fraction of sp³-hybridized carbons (Fsp3) is 0.273. The topological polar surface area (TPSA) is 58.4 Å². The average molecular weight is 237 g/mol. The van der Waals surface area contributed by atoms with Gasteiger partial charge in [0.2, 0.25) is 5.91 Å². The summed E-state index contributed by atoms with van der Waals surface area (Å²) in [6.45, 7) is 0. The van der Waals surface area contributed by atoms with Gasteiger partial charge in [-0.3, -0.25) is 4.79 Å². The predicted molar refractivity (Wildman–Crippen MR) is 70.8 cm³/mol. The fourth-order valence-corrected chi connectivity index (χ4v) is 1.34. The molecule has 1 aromatic rings. The maximum absolute atomic E-state index is 11.4. The van der Waals surface area contributed by atoms with Gasteiger partial charge in [0, 0.05) is 25.5 Å². The van der Waals surface area contributed by atoms with Crippen LogP contribution in [0.25, 0.3) is 0 Å². The van der Waals surface area contributed by atoms with E-state index in [-0.39, 0.29) is 17.3 Å². The van der Waals surface area contributed by atoms with Crippen LogP contribution in [0.15, 0.2) is 24.3 Å². The molecule has 0 radical (unpaired) electrons. The SMILES string of the molecule is CN(C)c1ccc(NC(=O)CC(N)=S)cc1. The van der Waals surface area contributed by atoms with Crippen molar-refractivity contribution in [2.24, 2.45) is 5.73 Å². The molecule has 4 nitrogen and oxygen atoms in total. The zero-order valence-corrected chi connectivity index (χ0v) is 10.2. The van der Waals surface area contributed by atoms with Crippen LogP contribution >= 0.6 is 12.2 Å². The minimum absolute atomic E-state index is 0.0742. The quantitative estimate of drug-likeness (QED) is 0.776. The van der Waals surface area contributed by atoms with Crippen LogP contribution in [0.3, 0.4) is 0 Å². The second-order valence-electron chi connectivity index (χ2n) is 3.63. The van der Waals surface area contributed by atoms with Gasteiger partial charge in [0.15, 0.2) is 0 Å². The number of nitrogens with one attached hydrogen (secondary N) is 1. The molecule has 0 saturated heterocycles. The summed E-state index contributed by atoms with van der Waals surface area (Å²) in [4.78, 5) is 13.5. The molecule has 1 rings (SSSR count). The molecule has 0 bridgehead atoms. The van der Waals surface area contributed by atoms with Crippen LogP contribution in [-0.2, 0) is 4.79 Å². The van der Waals surface area contributed by atoms with Gasteiger partial charge in [-0.15, -0.1) is 0 Å². The third-order valence-electron chi connectivity index (χ3n) is 2.00. The van der Waals surface area contributed by atoms with E-state index in [4.69, 9.17) is 5.73 Å². The van der Waals surface area contributed by atoms with Crippen molar-refractivity contribution in [1.29, 1.82) is 0 Å². The molecule has 0 unspecified atom stereocenters. The van der Waals surface area contributed by atoms with Gasteiger partial charge in [-0.05, 0) is 24.3 Å². The highest BCUT2D eigenvalue weighted by molar-refractivity contribution is 7.80. The number of thiocarbonyl (C=S) groups is 1. The summed E-state index contributed by atoms with van der Waals surface area (Å²) < 4.78 is 0. The lowest BCUT2D eigenvalue weighted by atomic mass is 10.2. The molecule has 16 heavy (non-hydrogen) atoms. The molecular formula is C11H15N3OS. The molecule has 0 aromatic heterocycles. The molecule has 0 aliphatic carbocycles. The lowest BCUT2D eigenvalue weighted by molar-refractivity contribution is -0.115. The largest absolute Gasteiger partial charge is 0.393 e. The number of nitrogens with two attached hydrogens (primary N) is 1. The number of hydrogen-bond donors (Lipinski definition) is 2. The van der Waals surface area contributed by atoms with Crippen LogP contribution in [0.2, 0.25) is 0 Å². The van der Waals surface area contributed by atoms with E-state index in [1.54, 1.807) is 0 Å². The Labute approximate surface area is 100 Å². The smallest absolute Gasteiger partial charge is 0.231 e. The zero-order valence-electron chi connectivity index (χ0n) is 9.36. The van der Waals surface area contributed by atoms with Gasteiger partial charge in [0.05, 0.1) is 11.4 Å². The normalized spacial score (nSPS) is 9.62. The third kappa shape index (κ3) is 3.86. The van der Waals surface area contributed by atoms with Crippen LogP contribution in [0.4, 0.5) is 11.4 Å². The summed E-state index contributed by atoms with van der Waals surface area (Å²) in [7, 11) is 3.92. The molecule has 0 fully saturated rings. The van der Waals surface area contributed by atoms with Crippen molar-refractivity contribution in [3.63, 3.8) is 0 Å². The Morgan fingerprint density at radius 2 is 1.94 bits per heavy atom. The van der Waals surface area contributed by atoms with Gasteiger partial charge in [0.25, 0.3) is 0 Å². The number of carbonyl (C=O) groups is 1. The molecule has 0 aliphatic heterocycles. The van der Waals surface area contributed by atoms with Crippen LogP contribution < -0.4 is 16.0 Å². The van der Waals surface area contributed by atoms with Crippen LogP contribution in [0.1, 0.15) is 6.42 Å². The molecule has 0 heterocycles. The number of carbonyl (C=O) groups excluding carboxylic acids is 1. The van der Waals surface area contributed by atoms with Gasteiger partial charge in [0.1, 0.15) is 0 Å². The second-order valence-corrected chi connectivity index (χ2v) is 4.16. The number of anilines is 2. The monoisotopic (exact) mass is 237 g/mol. The first-order chi connectivity index (χ1) is 7.49. The van der Waals surface area contributed by atoms with E-state index in [2.05, 4.69) is 17.5 Å². The maximum atomic E-state index is 11.4. The van der Waals surface area contributed by atoms with Gasteiger partial charge in [-0.1, -0.05) is 12.2 Å². The molecule has 86 valence electrons. The minimum Gasteiger partial charge on any atom is -0.393 e. The molecule has 0 aliphatic rings.